The molecule has 0 aliphatic carbocycles. The molecule has 1 unspecified atom stereocenters. The highest BCUT2D eigenvalue weighted by Crippen LogP contribution is 2.28. The van der Waals surface area contributed by atoms with E-state index in [1.165, 1.54) is 6.20 Å². The van der Waals surface area contributed by atoms with Crippen LogP contribution in [0.25, 0.3) is 10.8 Å². The summed E-state index contributed by atoms with van der Waals surface area (Å²) >= 11 is 6.80. The number of pyridine rings is 2. The molecule has 0 saturated carbocycles. The fraction of sp³-hybridized carbons (Fsp3) is 0.296. The number of aromatic nitrogens is 2. The van der Waals surface area contributed by atoms with E-state index in [0.29, 0.717) is 10.1 Å². The third-order valence-corrected chi connectivity index (χ3v) is 6.93. The van der Waals surface area contributed by atoms with Gasteiger partial charge < -0.3 is 14.8 Å². The second-order valence-electron chi connectivity index (χ2n) is 7.03. The number of urea groups is 1. The molecular weight excluding hydrogens is 542 g/mol. The van der Waals surface area contributed by atoms with Gasteiger partial charge in [0.15, 0.2) is 11.0 Å². The van der Waals surface area contributed by atoms with E-state index in [1.54, 1.807) is 49.1 Å². The van der Waals surface area contributed by atoms with Crippen LogP contribution in [0.15, 0.2) is 81.0 Å². The Balaban J connectivity index is 0.000000648. The molecule has 0 radical (unpaired) electrons. The van der Waals surface area contributed by atoms with E-state index in [9.17, 15) is 13.8 Å². The number of hydrogen-bond acceptors (Lipinski definition) is 6. The molecule has 11 heteroatoms. The SMILES string of the molecule is C=C(S/C(Cl)=C\C)S(=O)NC(=O)Nc1cccnc1.CC.CC.CN(C)c1ccc2c(=O)n(C)ccc2c1. The predicted molar refractivity (Wildman–Crippen MR) is 167 cm³/mol. The Morgan fingerprint density at radius 3 is 2.39 bits per heavy atom. The van der Waals surface area contributed by atoms with E-state index >= 15 is 0 Å². The number of nitrogens with zero attached hydrogens (tertiary/aromatic N) is 3. The lowest BCUT2D eigenvalue weighted by Gasteiger charge is -2.12. The number of carbonyl (C=O) groups excluding carboxylic acids is 1. The summed E-state index contributed by atoms with van der Waals surface area (Å²) in [4.78, 5) is 29.2. The van der Waals surface area contributed by atoms with Gasteiger partial charge in [-0.3, -0.25) is 14.5 Å². The first-order chi connectivity index (χ1) is 18.1. The minimum absolute atomic E-state index is 0.0535. The Morgan fingerprint density at radius 2 is 1.84 bits per heavy atom. The van der Waals surface area contributed by atoms with Crippen LogP contribution >= 0.6 is 23.4 Å². The molecule has 8 nitrogen and oxygen atoms in total. The summed E-state index contributed by atoms with van der Waals surface area (Å²) in [5, 5.41) is 4.25. The Labute approximate surface area is 237 Å². The second-order valence-corrected chi connectivity index (χ2v) is 10.3. The molecule has 1 atom stereocenters. The number of carbonyl (C=O) groups is 1. The number of rotatable bonds is 6. The standard InChI is InChI=1S/C12H14N2O.C11H12ClN3O2S2.2C2H6/c1-13(2)10-4-5-11-9(8-10)6-7-14(3)12(11)15;1-3-10(12)18-8(2)19(17)15-11(16)14-9-5-4-6-13-7-9;2*1-2/h4-8H,1-3H3;3-7H,2H2,1H3,(H2,14,15,16);2*1-2H3/b;10-3-;;. The topological polar surface area (TPSA) is 96.3 Å². The molecule has 1 aromatic carbocycles. The van der Waals surface area contributed by atoms with Crippen molar-refractivity contribution in [2.24, 2.45) is 7.05 Å². The lowest BCUT2D eigenvalue weighted by atomic mass is 10.1. The Bertz CT molecular complexity index is 1280. The number of thioether (sulfide) groups is 1. The van der Waals surface area contributed by atoms with Crippen molar-refractivity contribution in [2.75, 3.05) is 24.3 Å². The number of anilines is 2. The maximum absolute atomic E-state index is 11.8. The van der Waals surface area contributed by atoms with Gasteiger partial charge >= 0.3 is 6.03 Å². The van der Waals surface area contributed by atoms with E-state index in [-0.39, 0.29) is 9.80 Å². The highest BCUT2D eigenvalue weighted by molar-refractivity contribution is 8.19. The van der Waals surface area contributed by atoms with Gasteiger partial charge in [-0.2, -0.15) is 0 Å². The first kappa shape index (κ1) is 34.9. The molecule has 2 N–H and O–H groups in total. The van der Waals surface area contributed by atoms with Crippen molar-refractivity contribution in [3.63, 3.8) is 0 Å². The lowest BCUT2D eigenvalue weighted by Crippen LogP contribution is -2.30. The van der Waals surface area contributed by atoms with Crippen LogP contribution in [0, 0.1) is 0 Å². The zero-order valence-corrected chi connectivity index (χ0v) is 25.6. The minimum Gasteiger partial charge on any atom is -0.378 e. The summed E-state index contributed by atoms with van der Waals surface area (Å²) in [5.74, 6) is 0. The number of amides is 2. The first-order valence-corrected chi connectivity index (χ1v) is 14.3. The van der Waals surface area contributed by atoms with Crippen LogP contribution < -0.4 is 20.5 Å². The van der Waals surface area contributed by atoms with Crippen molar-refractivity contribution in [1.29, 1.82) is 0 Å². The van der Waals surface area contributed by atoms with Gasteiger partial charge in [-0.15, -0.1) is 0 Å². The van der Waals surface area contributed by atoms with Crippen molar-refractivity contribution in [3.8, 4) is 0 Å². The van der Waals surface area contributed by atoms with Gasteiger partial charge in [0.25, 0.3) is 5.56 Å². The van der Waals surface area contributed by atoms with E-state index in [0.717, 1.165) is 28.2 Å². The van der Waals surface area contributed by atoms with E-state index < -0.39 is 17.0 Å². The molecule has 0 fully saturated rings. The van der Waals surface area contributed by atoms with Gasteiger partial charge in [0.05, 0.1) is 20.5 Å². The minimum atomic E-state index is -1.73. The van der Waals surface area contributed by atoms with Crippen molar-refractivity contribution < 1.29 is 9.00 Å². The number of halogens is 1. The average molecular weight is 580 g/mol. The highest BCUT2D eigenvalue weighted by Gasteiger charge is 2.11. The molecular formula is C27H38ClN5O3S2. The van der Waals surface area contributed by atoms with E-state index in [4.69, 9.17) is 11.6 Å². The zero-order valence-electron chi connectivity index (χ0n) is 23.2. The van der Waals surface area contributed by atoms with Crippen LogP contribution in [0.3, 0.4) is 0 Å². The molecule has 3 rings (SSSR count). The van der Waals surface area contributed by atoms with Crippen molar-refractivity contribution in [3.05, 3.63) is 86.6 Å². The number of hydrogen-bond donors (Lipinski definition) is 2. The third kappa shape index (κ3) is 12.0. The number of fused-ring (bicyclic) bond motifs is 1. The maximum Gasteiger partial charge on any atom is 0.331 e. The van der Waals surface area contributed by atoms with Gasteiger partial charge in [-0.25, -0.2) is 9.00 Å². The van der Waals surface area contributed by atoms with Gasteiger partial charge in [0.2, 0.25) is 0 Å². The normalized spacial score (nSPS) is 10.8. The number of aryl methyl sites for hydroxylation is 1. The zero-order chi connectivity index (χ0) is 29.3. The lowest BCUT2D eigenvalue weighted by molar-refractivity contribution is 0.257. The van der Waals surface area contributed by atoms with E-state index in [1.807, 2.05) is 71.0 Å². The molecule has 0 saturated heterocycles. The van der Waals surface area contributed by atoms with Gasteiger partial charge in [-0.05, 0) is 48.7 Å². The quantitative estimate of drug-likeness (QED) is 0.332. The van der Waals surface area contributed by atoms with Gasteiger partial charge in [-0.1, -0.05) is 63.7 Å². The van der Waals surface area contributed by atoms with E-state index in [2.05, 4.69) is 21.6 Å². The van der Waals surface area contributed by atoms with Crippen LogP contribution in [0.5, 0.6) is 0 Å². The molecule has 0 aliphatic heterocycles. The molecule has 3 aromatic rings. The molecule has 38 heavy (non-hydrogen) atoms. The van der Waals surface area contributed by atoms with Gasteiger partial charge in [0.1, 0.15) is 0 Å². The average Bonchev–Trinajstić information content (AvgIpc) is 2.93. The summed E-state index contributed by atoms with van der Waals surface area (Å²) in [6.07, 6.45) is 6.50. The largest absolute Gasteiger partial charge is 0.378 e. The molecule has 0 aliphatic rings. The molecule has 2 heterocycles. The predicted octanol–water partition coefficient (Wildman–Crippen LogP) is 6.83. The molecule has 0 bridgehead atoms. The molecule has 0 spiro atoms. The summed E-state index contributed by atoms with van der Waals surface area (Å²) < 4.78 is 16.2. The smallest absolute Gasteiger partial charge is 0.331 e. The van der Waals surface area contributed by atoms with Crippen LogP contribution in [-0.4, -0.2) is 33.9 Å². The van der Waals surface area contributed by atoms with Crippen LogP contribution in [0.1, 0.15) is 34.6 Å². The first-order valence-electron chi connectivity index (χ1n) is 12.0. The second kappa shape index (κ2) is 19.1. The Morgan fingerprint density at radius 1 is 1.18 bits per heavy atom. The van der Waals surface area contributed by atoms with Crippen molar-refractivity contribution in [2.45, 2.75) is 34.6 Å². The molecule has 208 valence electrons. The van der Waals surface area contributed by atoms with Crippen LogP contribution in [0.4, 0.5) is 16.2 Å². The Hall–Kier alpha value is -3.08. The number of nitrogens with one attached hydrogen (secondary N) is 2. The van der Waals surface area contributed by atoms with Gasteiger partial charge in [0, 0.05) is 44.6 Å². The highest BCUT2D eigenvalue weighted by atomic mass is 35.5. The molecule has 2 amide bonds. The number of allylic oxidation sites excluding steroid dienone is 1. The fourth-order valence-electron chi connectivity index (χ4n) is 2.55. The maximum atomic E-state index is 11.8. The Kier molecular flexibility index (Phi) is 17.5. The molecule has 2 aromatic heterocycles. The number of benzene rings is 1. The summed E-state index contributed by atoms with van der Waals surface area (Å²) in [7, 11) is 4.01. The summed E-state index contributed by atoms with van der Waals surface area (Å²) in [6.45, 7) is 13.3. The van der Waals surface area contributed by atoms with Crippen molar-refractivity contribution in [1.82, 2.24) is 14.3 Å². The summed E-state index contributed by atoms with van der Waals surface area (Å²) in [5.41, 5.74) is 1.66. The third-order valence-electron chi connectivity index (χ3n) is 4.33. The van der Waals surface area contributed by atoms with Crippen LogP contribution in [-0.2, 0) is 18.0 Å². The monoisotopic (exact) mass is 579 g/mol. The summed E-state index contributed by atoms with van der Waals surface area (Å²) in [6, 6.07) is 10.6. The van der Waals surface area contributed by atoms with Crippen molar-refractivity contribution >= 4 is 62.5 Å². The fourth-order valence-corrected chi connectivity index (χ4v) is 4.33. The van der Waals surface area contributed by atoms with Crippen LogP contribution in [0.2, 0.25) is 0 Å².